The van der Waals surface area contributed by atoms with Crippen molar-refractivity contribution >= 4 is 23.2 Å². The van der Waals surface area contributed by atoms with E-state index in [2.05, 4.69) is 4.90 Å². The van der Waals surface area contributed by atoms with Gasteiger partial charge in [-0.3, -0.25) is 4.90 Å². The minimum absolute atomic E-state index is 0.0543. The molecule has 1 atom stereocenters. The second kappa shape index (κ2) is 6.88. The summed E-state index contributed by atoms with van der Waals surface area (Å²) in [5, 5.41) is 10.6. The Bertz CT molecular complexity index is 646. The molecule has 3 rings (SSSR count). The topological polar surface area (TPSA) is 32.7 Å². The molecule has 3 nitrogen and oxygen atoms in total. The van der Waals surface area contributed by atoms with Crippen LogP contribution in [0.4, 0.5) is 0 Å². The lowest BCUT2D eigenvalue weighted by Crippen LogP contribution is -2.37. The minimum Gasteiger partial charge on any atom is -0.506 e. The lowest BCUT2D eigenvalue weighted by Gasteiger charge is -2.33. The Morgan fingerprint density at radius 2 is 1.91 bits per heavy atom. The largest absolute Gasteiger partial charge is 0.506 e. The maximum absolute atomic E-state index is 9.49. The van der Waals surface area contributed by atoms with Crippen LogP contribution < -0.4 is 0 Å². The molecule has 1 fully saturated rings. The van der Waals surface area contributed by atoms with Gasteiger partial charge in [0, 0.05) is 24.7 Å². The van der Waals surface area contributed by atoms with Gasteiger partial charge in [0.2, 0.25) is 0 Å². The van der Waals surface area contributed by atoms with Crippen LogP contribution >= 0.6 is 23.2 Å². The molecule has 1 N–H and O–H groups in total. The molecular formula is C17H17Cl2NO2. The van der Waals surface area contributed by atoms with Crippen molar-refractivity contribution in [1.29, 1.82) is 0 Å². The van der Waals surface area contributed by atoms with Crippen molar-refractivity contribution in [2.75, 3.05) is 19.7 Å². The van der Waals surface area contributed by atoms with Gasteiger partial charge in [-0.15, -0.1) is 0 Å². The summed E-state index contributed by atoms with van der Waals surface area (Å²) in [7, 11) is 0. The van der Waals surface area contributed by atoms with Crippen LogP contribution in [0, 0.1) is 0 Å². The molecule has 22 heavy (non-hydrogen) atoms. The maximum Gasteiger partial charge on any atom is 0.134 e. The summed E-state index contributed by atoms with van der Waals surface area (Å²) in [5.41, 5.74) is 2.22. The first-order valence-electron chi connectivity index (χ1n) is 7.18. The number of rotatable bonds is 3. The van der Waals surface area contributed by atoms with E-state index in [1.165, 1.54) is 0 Å². The molecule has 0 aliphatic carbocycles. The van der Waals surface area contributed by atoms with Crippen molar-refractivity contribution in [2.45, 2.75) is 12.6 Å². The van der Waals surface area contributed by atoms with Crippen LogP contribution in [-0.4, -0.2) is 29.7 Å². The van der Waals surface area contributed by atoms with Crippen LogP contribution in [0.5, 0.6) is 5.75 Å². The third-order valence-corrected chi connectivity index (χ3v) is 4.37. The Labute approximate surface area is 140 Å². The van der Waals surface area contributed by atoms with Gasteiger partial charge in [0.1, 0.15) is 5.75 Å². The third kappa shape index (κ3) is 3.73. The van der Waals surface area contributed by atoms with Crippen molar-refractivity contribution in [1.82, 2.24) is 4.90 Å². The Balaban J connectivity index is 1.67. The van der Waals surface area contributed by atoms with Crippen molar-refractivity contribution in [3.8, 4) is 5.75 Å². The van der Waals surface area contributed by atoms with E-state index in [1.54, 1.807) is 6.07 Å². The summed E-state index contributed by atoms with van der Waals surface area (Å²) in [4.78, 5) is 2.32. The molecule has 1 aliphatic heterocycles. The van der Waals surface area contributed by atoms with Gasteiger partial charge in [-0.1, -0.05) is 41.4 Å². The van der Waals surface area contributed by atoms with E-state index in [0.717, 1.165) is 35.8 Å². The van der Waals surface area contributed by atoms with Crippen molar-refractivity contribution in [2.24, 2.45) is 0 Å². The van der Waals surface area contributed by atoms with Crippen LogP contribution in [0.15, 0.2) is 42.5 Å². The number of hydrogen-bond acceptors (Lipinski definition) is 3. The lowest BCUT2D eigenvalue weighted by molar-refractivity contribution is -0.0329. The molecule has 1 saturated heterocycles. The van der Waals surface area contributed by atoms with Crippen LogP contribution in [-0.2, 0) is 11.3 Å². The fourth-order valence-corrected chi connectivity index (χ4v) is 2.96. The number of ether oxygens (including phenoxy) is 1. The summed E-state index contributed by atoms with van der Waals surface area (Å²) >= 11 is 11.9. The van der Waals surface area contributed by atoms with Crippen LogP contribution in [0.1, 0.15) is 17.2 Å². The zero-order valence-electron chi connectivity index (χ0n) is 12.0. The molecule has 116 valence electrons. The molecule has 2 aromatic rings. The highest BCUT2D eigenvalue weighted by molar-refractivity contribution is 6.32. The summed E-state index contributed by atoms with van der Waals surface area (Å²) in [6.45, 7) is 3.18. The molecule has 0 aromatic heterocycles. The SMILES string of the molecule is Oc1ccc(CN2CCOC(c3ccc(Cl)cc3)C2)cc1Cl. The number of aromatic hydroxyl groups is 1. The number of halogens is 2. The average molecular weight is 338 g/mol. The Morgan fingerprint density at radius 1 is 1.14 bits per heavy atom. The molecule has 0 saturated carbocycles. The van der Waals surface area contributed by atoms with E-state index in [1.807, 2.05) is 36.4 Å². The summed E-state index contributed by atoms with van der Waals surface area (Å²) in [6.07, 6.45) is 0.0543. The third-order valence-electron chi connectivity index (χ3n) is 3.81. The first-order chi connectivity index (χ1) is 10.6. The van der Waals surface area contributed by atoms with E-state index >= 15 is 0 Å². The van der Waals surface area contributed by atoms with E-state index in [0.29, 0.717) is 11.6 Å². The number of hydrogen-bond donors (Lipinski definition) is 1. The standard InChI is InChI=1S/C17H17Cl2NO2/c18-14-4-2-13(3-5-14)17-11-20(7-8-22-17)10-12-1-6-16(21)15(19)9-12/h1-6,9,17,21H,7-8,10-11H2. The van der Waals surface area contributed by atoms with Gasteiger partial charge < -0.3 is 9.84 Å². The molecule has 1 unspecified atom stereocenters. The van der Waals surface area contributed by atoms with Gasteiger partial charge in [-0.05, 0) is 35.4 Å². The Morgan fingerprint density at radius 3 is 2.64 bits per heavy atom. The number of phenols is 1. The van der Waals surface area contributed by atoms with Crippen molar-refractivity contribution < 1.29 is 9.84 Å². The van der Waals surface area contributed by atoms with Gasteiger partial charge in [0.25, 0.3) is 0 Å². The summed E-state index contributed by atoms with van der Waals surface area (Å²) in [5.74, 6) is 0.117. The Hall–Kier alpha value is -1.26. The number of benzene rings is 2. The highest BCUT2D eigenvalue weighted by Crippen LogP contribution is 2.27. The normalized spacial score (nSPS) is 19.3. The van der Waals surface area contributed by atoms with Crippen LogP contribution in [0.25, 0.3) is 0 Å². The molecule has 0 amide bonds. The van der Waals surface area contributed by atoms with Gasteiger partial charge in [-0.25, -0.2) is 0 Å². The second-order valence-corrected chi connectivity index (χ2v) is 6.28. The van der Waals surface area contributed by atoms with Crippen LogP contribution in [0.3, 0.4) is 0 Å². The van der Waals surface area contributed by atoms with E-state index in [9.17, 15) is 5.11 Å². The van der Waals surface area contributed by atoms with E-state index in [-0.39, 0.29) is 11.9 Å². The molecule has 5 heteroatoms. The van der Waals surface area contributed by atoms with Crippen molar-refractivity contribution in [3.63, 3.8) is 0 Å². The highest BCUT2D eigenvalue weighted by atomic mass is 35.5. The average Bonchev–Trinajstić information content (AvgIpc) is 2.52. The fraction of sp³-hybridized carbons (Fsp3) is 0.294. The van der Waals surface area contributed by atoms with E-state index in [4.69, 9.17) is 27.9 Å². The zero-order chi connectivity index (χ0) is 15.5. The molecule has 0 spiro atoms. The monoisotopic (exact) mass is 337 g/mol. The smallest absolute Gasteiger partial charge is 0.134 e. The molecular weight excluding hydrogens is 321 g/mol. The van der Waals surface area contributed by atoms with Gasteiger partial charge >= 0.3 is 0 Å². The summed E-state index contributed by atoms with van der Waals surface area (Å²) < 4.78 is 5.86. The van der Waals surface area contributed by atoms with Crippen LogP contribution in [0.2, 0.25) is 10.0 Å². The first kappa shape index (κ1) is 15.6. The molecule has 1 heterocycles. The molecule has 1 aliphatic rings. The number of phenolic OH excluding ortho intramolecular Hbond substituents is 1. The van der Waals surface area contributed by atoms with Gasteiger partial charge in [-0.2, -0.15) is 0 Å². The minimum atomic E-state index is 0.0543. The number of nitrogens with zero attached hydrogens (tertiary/aromatic N) is 1. The maximum atomic E-state index is 9.49. The fourth-order valence-electron chi connectivity index (χ4n) is 2.63. The highest BCUT2D eigenvalue weighted by Gasteiger charge is 2.22. The number of morpholine rings is 1. The lowest BCUT2D eigenvalue weighted by atomic mass is 10.1. The Kier molecular flexibility index (Phi) is 4.89. The molecule has 0 radical (unpaired) electrons. The zero-order valence-corrected chi connectivity index (χ0v) is 13.5. The molecule has 2 aromatic carbocycles. The van der Waals surface area contributed by atoms with Crippen molar-refractivity contribution in [3.05, 3.63) is 63.6 Å². The predicted molar refractivity (Wildman–Crippen MR) is 88.5 cm³/mol. The van der Waals surface area contributed by atoms with Gasteiger partial charge in [0.15, 0.2) is 0 Å². The van der Waals surface area contributed by atoms with E-state index < -0.39 is 0 Å². The quantitative estimate of drug-likeness (QED) is 0.907. The predicted octanol–water partition coefficient (Wildman–Crippen LogP) is 4.27. The summed E-state index contributed by atoms with van der Waals surface area (Å²) in [6, 6.07) is 13.1. The van der Waals surface area contributed by atoms with Gasteiger partial charge in [0.05, 0.1) is 17.7 Å². The second-order valence-electron chi connectivity index (χ2n) is 5.43. The first-order valence-corrected chi connectivity index (χ1v) is 7.94. The molecule has 0 bridgehead atoms.